The monoisotopic (exact) mass is 606 g/mol. The summed E-state index contributed by atoms with van der Waals surface area (Å²) < 4.78 is 9.88. The number of anilines is 2. The molecule has 10 nitrogen and oxygen atoms in total. The van der Waals surface area contributed by atoms with Gasteiger partial charge >= 0.3 is 0 Å². The van der Waals surface area contributed by atoms with E-state index in [0.29, 0.717) is 23.3 Å². The number of piperidine rings is 1. The first kappa shape index (κ1) is 29.3. The van der Waals surface area contributed by atoms with Crippen molar-refractivity contribution in [3.05, 3.63) is 60.6 Å². The number of carbonyl (C=O) groups is 1. The van der Waals surface area contributed by atoms with Crippen molar-refractivity contribution in [3.63, 3.8) is 0 Å². The summed E-state index contributed by atoms with van der Waals surface area (Å²) in [5.41, 5.74) is 11.4. The predicted octanol–water partition coefficient (Wildman–Crippen LogP) is 5.97. The molecule has 7 rings (SSSR count). The van der Waals surface area contributed by atoms with Gasteiger partial charge in [-0.1, -0.05) is 31.2 Å². The Labute approximate surface area is 263 Å². The van der Waals surface area contributed by atoms with Crippen LogP contribution in [0.4, 0.5) is 11.5 Å². The number of methoxy groups -OCH3 is 1. The minimum atomic E-state index is -0.117. The molecule has 0 atom stereocenters. The number of nitrogens with zero attached hydrogens (tertiary/aromatic N) is 6. The zero-order valence-corrected chi connectivity index (χ0v) is 26.4. The minimum absolute atomic E-state index is 0.117. The number of nitrogen functional groups attached to an aromatic ring is 1. The maximum atomic E-state index is 13.1. The number of fused-ring (bicyclic) bond motifs is 2. The lowest BCUT2D eigenvalue weighted by molar-refractivity contribution is -0.115. The van der Waals surface area contributed by atoms with Crippen LogP contribution in [0.3, 0.4) is 0 Å². The van der Waals surface area contributed by atoms with Gasteiger partial charge in [0.05, 0.1) is 30.6 Å². The summed E-state index contributed by atoms with van der Waals surface area (Å²) in [6, 6.07) is 16.8. The number of aromatic nitrogens is 5. The Morgan fingerprint density at radius 1 is 1.00 bits per heavy atom. The van der Waals surface area contributed by atoms with Gasteiger partial charge in [-0.3, -0.25) is 4.79 Å². The molecule has 1 aliphatic carbocycles. The third-order valence-corrected chi connectivity index (χ3v) is 10.0. The normalized spacial score (nSPS) is 19.7. The fraction of sp³-hybridized carbons (Fsp3) is 0.429. The standard InChI is InChI=1S/C35H42N8O2/c1-22-14-16-42(17-15-22)25-9-11-26(12-10-25)43-35-32(34(36)37-21-38-35)33(40-43)24-8-13-28(30(19-24)45-3)39-31(44)20-27-18-23-6-4-5-7-29(23)41(27)2/h4-8,13,18-19,21-22,25-26H,9-12,14-17,20H2,1-3H3,(H,39,44)(H2,36,37,38). The highest BCUT2D eigenvalue weighted by Gasteiger charge is 2.31. The van der Waals surface area contributed by atoms with Crippen LogP contribution in [0.25, 0.3) is 33.2 Å². The van der Waals surface area contributed by atoms with Crippen molar-refractivity contribution in [2.75, 3.05) is 31.2 Å². The Bertz CT molecular complexity index is 1840. The van der Waals surface area contributed by atoms with Crippen molar-refractivity contribution in [1.82, 2.24) is 29.2 Å². The number of nitrogens with two attached hydrogens (primary N) is 1. The number of para-hydroxylation sites is 1. The van der Waals surface area contributed by atoms with E-state index in [0.717, 1.165) is 70.5 Å². The lowest BCUT2D eigenvalue weighted by Crippen LogP contribution is -2.43. The SMILES string of the molecule is COc1cc(-c2nn(C3CCC(N4CCC(C)CC4)CC3)c3ncnc(N)c23)ccc1NC(=O)Cc1cc2ccccc2n1C. The van der Waals surface area contributed by atoms with E-state index < -0.39 is 0 Å². The van der Waals surface area contributed by atoms with Crippen LogP contribution >= 0.6 is 0 Å². The zero-order valence-electron chi connectivity index (χ0n) is 26.4. The topological polar surface area (TPSA) is 116 Å². The fourth-order valence-corrected chi connectivity index (χ4v) is 7.33. The highest BCUT2D eigenvalue weighted by Crippen LogP contribution is 2.39. The van der Waals surface area contributed by atoms with Gasteiger partial charge in [-0.2, -0.15) is 5.10 Å². The van der Waals surface area contributed by atoms with Crippen molar-refractivity contribution < 1.29 is 9.53 Å². The molecular formula is C35H42N8O2. The molecule has 10 heteroatoms. The molecule has 1 amide bonds. The van der Waals surface area contributed by atoms with Gasteiger partial charge in [-0.15, -0.1) is 0 Å². The molecule has 2 aromatic carbocycles. The summed E-state index contributed by atoms with van der Waals surface area (Å²) in [7, 11) is 3.59. The molecule has 0 spiro atoms. The number of ether oxygens (including phenoxy) is 1. The molecule has 4 heterocycles. The second kappa shape index (κ2) is 12.2. The molecule has 3 N–H and O–H groups in total. The third-order valence-electron chi connectivity index (χ3n) is 10.0. The number of benzene rings is 2. The highest BCUT2D eigenvalue weighted by atomic mass is 16.5. The quantitative estimate of drug-likeness (QED) is 0.234. The molecule has 0 bridgehead atoms. The molecule has 45 heavy (non-hydrogen) atoms. The number of amides is 1. The van der Waals surface area contributed by atoms with Gasteiger partial charge in [0.2, 0.25) is 5.91 Å². The molecule has 1 aliphatic heterocycles. The van der Waals surface area contributed by atoms with Gasteiger partial charge in [0.15, 0.2) is 5.65 Å². The molecule has 2 fully saturated rings. The van der Waals surface area contributed by atoms with Gasteiger partial charge in [0, 0.05) is 29.9 Å². The number of likely N-dealkylation sites (tertiary alicyclic amines) is 1. The molecule has 1 saturated carbocycles. The van der Waals surface area contributed by atoms with E-state index in [2.05, 4.69) is 54.6 Å². The largest absolute Gasteiger partial charge is 0.495 e. The second-order valence-electron chi connectivity index (χ2n) is 12.8. The Kier molecular flexibility index (Phi) is 7.91. The van der Waals surface area contributed by atoms with Crippen LogP contribution in [0.5, 0.6) is 5.75 Å². The van der Waals surface area contributed by atoms with Crippen LogP contribution in [0.2, 0.25) is 0 Å². The van der Waals surface area contributed by atoms with Crippen LogP contribution in [-0.2, 0) is 18.3 Å². The summed E-state index contributed by atoms with van der Waals surface area (Å²) in [5.74, 6) is 1.68. The van der Waals surface area contributed by atoms with E-state index >= 15 is 0 Å². The van der Waals surface area contributed by atoms with Crippen LogP contribution < -0.4 is 15.8 Å². The number of rotatable bonds is 7. The summed E-state index contributed by atoms with van der Waals surface area (Å²) in [6.45, 7) is 4.81. The van der Waals surface area contributed by atoms with Crippen LogP contribution in [0.15, 0.2) is 54.9 Å². The Morgan fingerprint density at radius 3 is 2.51 bits per heavy atom. The average Bonchev–Trinajstić information content (AvgIpc) is 3.60. The minimum Gasteiger partial charge on any atom is -0.495 e. The molecule has 1 saturated heterocycles. The van der Waals surface area contributed by atoms with Crippen molar-refractivity contribution in [2.24, 2.45) is 13.0 Å². The lowest BCUT2D eigenvalue weighted by atomic mass is 9.88. The lowest BCUT2D eigenvalue weighted by Gasteiger charge is -2.40. The van der Waals surface area contributed by atoms with Crippen molar-refractivity contribution in [2.45, 2.75) is 64.0 Å². The maximum absolute atomic E-state index is 13.1. The summed E-state index contributed by atoms with van der Waals surface area (Å²) in [5, 5.41) is 10.0. The van der Waals surface area contributed by atoms with E-state index in [-0.39, 0.29) is 18.4 Å². The number of hydrogen-bond acceptors (Lipinski definition) is 7. The van der Waals surface area contributed by atoms with E-state index in [1.165, 1.54) is 32.3 Å². The van der Waals surface area contributed by atoms with Crippen LogP contribution in [-0.4, -0.2) is 61.4 Å². The van der Waals surface area contributed by atoms with Crippen molar-refractivity contribution in [3.8, 4) is 17.0 Å². The van der Waals surface area contributed by atoms with Crippen LogP contribution in [0, 0.1) is 5.92 Å². The average molecular weight is 607 g/mol. The molecule has 234 valence electrons. The number of hydrogen-bond donors (Lipinski definition) is 2. The Balaban J connectivity index is 1.12. The number of aryl methyl sites for hydroxylation is 1. The highest BCUT2D eigenvalue weighted by molar-refractivity contribution is 6.00. The van der Waals surface area contributed by atoms with E-state index in [4.69, 9.17) is 15.6 Å². The van der Waals surface area contributed by atoms with Gasteiger partial charge in [-0.05, 0) is 87.2 Å². The second-order valence-corrected chi connectivity index (χ2v) is 12.8. The number of carbonyl (C=O) groups excluding carboxylic acids is 1. The van der Waals surface area contributed by atoms with Crippen molar-refractivity contribution >= 4 is 39.3 Å². The summed E-state index contributed by atoms with van der Waals surface area (Å²) >= 11 is 0. The first-order valence-electron chi connectivity index (χ1n) is 16.1. The summed E-state index contributed by atoms with van der Waals surface area (Å²) in [6.07, 6.45) is 8.82. The third kappa shape index (κ3) is 5.63. The number of nitrogens with one attached hydrogen (secondary N) is 1. The van der Waals surface area contributed by atoms with E-state index in [1.807, 2.05) is 37.4 Å². The first-order valence-corrected chi connectivity index (χ1v) is 16.1. The van der Waals surface area contributed by atoms with E-state index in [1.54, 1.807) is 7.11 Å². The van der Waals surface area contributed by atoms with Crippen molar-refractivity contribution in [1.29, 1.82) is 0 Å². The predicted molar refractivity (Wildman–Crippen MR) is 178 cm³/mol. The van der Waals surface area contributed by atoms with Gasteiger partial charge in [0.1, 0.15) is 23.6 Å². The van der Waals surface area contributed by atoms with Gasteiger partial charge in [-0.25, -0.2) is 14.6 Å². The Hall–Kier alpha value is -4.44. The Morgan fingerprint density at radius 2 is 1.76 bits per heavy atom. The molecule has 3 aromatic heterocycles. The fourth-order valence-electron chi connectivity index (χ4n) is 7.33. The van der Waals surface area contributed by atoms with Crippen LogP contribution in [0.1, 0.15) is 57.2 Å². The summed E-state index contributed by atoms with van der Waals surface area (Å²) in [4.78, 5) is 24.8. The zero-order chi connectivity index (χ0) is 31.1. The molecular weight excluding hydrogens is 564 g/mol. The van der Waals surface area contributed by atoms with Gasteiger partial charge < -0.3 is 25.3 Å². The molecule has 0 unspecified atom stereocenters. The molecule has 5 aromatic rings. The first-order chi connectivity index (χ1) is 21.9. The van der Waals surface area contributed by atoms with Gasteiger partial charge in [0.25, 0.3) is 0 Å². The molecule has 2 aliphatic rings. The van der Waals surface area contributed by atoms with E-state index in [9.17, 15) is 4.79 Å². The smallest absolute Gasteiger partial charge is 0.230 e. The maximum Gasteiger partial charge on any atom is 0.230 e. The molecule has 0 radical (unpaired) electrons.